The summed E-state index contributed by atoms with van der Waals surface area (Å²) in [6, 6.07) is 0. The lowest BCUT2D eigenvalue weighted by Crippen LogP contribution is -1.97. The Balaban J connectivity index is -0.000000376. The molecule has 0 unspecified atom stereocenters. The van der Waals surface area contributed by atoms with Gasteiger partial charge in [0.1, 0.15) is 0 Å². The monoisotopic (exact) mass is 233 g/mol. The van der Waals surface area contributed by atoms with Crippen LogP contribution in [0.2, 0.25) is 0 Å². The van der Waals surface area contributed by atoms with E-state index in [1.165, 1.54) is 26.3 Å². The molecule has 3 nitrogen and oxygen atoms in total. The molecule has 3 heteroatoms. The van der Waals surface area contributed by atoms with Crippen LogP contribution in [-0.4, -0.2) is 33.5 Å². The molecule has 0 spiro atoms. The second-order valence-electron chi connectivity index (χ2n) is 2.87. The molecule has 0 amide bonds. The lowest BCUT2D eigenvalue weighted by Gasteiger charge is -2.02. The minimum atomic E-state index is 0.840. The van der Waals surface area contributed by atoms with Crippen molar-refractivity contribution in [2.45, 2.75) is 39.5 Å². The Morgan fingerprint density at radius 1 is 0.812 bits per heavy atom. The van der Waals surface area contributed by atoms with Gasteiger partial charge < -0.3 is 15.2 Å². The van der Waals surface area contributed by atoms with Crippen LogP contribution in [0.1, 0.15) is 39.5 Å². The van der Waals surface area contributed by atoms with Gasteiger partial charge in [0.25, 0.3) is 0 Å². The predicted molar refractivity (Wildman–Crippen MR) is 72.8 cm³/mol. The third kappa shape index (κ3) is 29.2. The van der Waals surface area contributed by atoms with Crippen molar-refractivity contribution in [3.63, 3.8) is 0 Å². The molecule has 100 valence electrons. The number of nitrogens with two attached hydrogens (primary N) is 1. The fourth-order valence-electron chi connectivity index (χ4n) is 0.976. The van der Waals surface area contributed by atoms with E-state index in [0.29, 0.717) is 0 Å². The van der Waals surface area contributed by atoms with Crippen LogP contribution in [0.15, 0.2) is 13.2 Å². The standard InChI is InChI=1S/C10H22O2.C2H4.CH5N/c1-3-8-12-10-7-5-6-9-11-4-2;2*1-2/h3-10H2,1-2H3;1-2H2;2H2,1H3. The molecule has 0 aromatic carbocycles. The molecule has 0 radical (unpaired) electrons. The van der Waals surface area contributed by atoms with E-state index < -0.39 is 0 Å². The van der Waals surface area contributed by atoms with Crippen LogP contribution in [0, 0.1) is 0 Å². The summed E-state index contributed by atoms with van der Waals surface area (Å²) in [5.41, 5.74) is 4.50. The van der Waals surface area contributed by atoms with Gasteiger partial charge in [-0.05, 0) is 39.7 Å². The van der Waals surface area contributed by atoms with E-state index in [0.717, 1.165) is 32.8 Å². The summed E-state index contributed by atoms with van der Waals surface area (Å²) < 4.78 is 10.6. The maximum absolute atomic E-state index is 5.35. The molecule has 0 atom stereocenters. The van der Waals surface area contributed by atoms with Crippen LogP contribution < -0.4 is 5.73 Å². The summed E-state index contributed by atoms with van der Waals surface area (Å²) in [5.74, 6) is 0. The van der Waals surface area contributed by atoms with Crippen molar-refractivity contribution in [2.75, 3.05) is 33.5 Å². The van der Waals surface area contributed by atoms with Crippen LogP contribution in [0.3, 0.4) is 0 Å². The Bertz CT molecular complexity index is 80.0. The Hall–Kier alpha value is -0.380. The van der Waals surface area contributed by atoms with Crippen molar-refractivity contribution in [3.8, 4) is 0 Å². The number of hydrogen-bond donors (Lipinski definition) is 1. The van der Waals surface area contributed by atoms with Gasteiger partial charge >= 0.3 is 0 Å². The smallest absolute Gasteiger partial charge is 0.0466 e. The van der Waals surface area contributed by atoms with Gasteiger partial charge in [-0.1, -0.05) is 6.92 Å². The number of unbranched alkanes of at least 4 members (excludes halogenated alkanes) is 2. The van der Waals surface area contributed by atoms with E-state index in [2.05, 4.69) is 25.8 Å². The largest absolute Gasteiger partial charge is 0.382 e. The van der Waals surface area contributed by atoms with Crippen molar-refractivity contribution in [3.05, 3.63) is 13.2 Å². The molecule has 0 aliphatic carbocycles. The van der Waals surface area contributed by atoms with Crippen LogP contribution in [0.5, 0.6) is 0 Å². The highest BCUT2D eigenvalue weighted by molar-refractivity contribution is 4.40. The third-order valence-corrected chi connectivity index (χ3v) is 1.63. The van der Waals surface area contributed by atoms with Crippen molar-refractivity contribution >= 4 is 0 Å². The van der Waals surface area contributed by atoms with E-state index in [-0.39, 0.29) is 0 Å². The molecule has 0 heterocycles. The van der Waals surface area contributed by atoms with Gasteiger partial charge in [0, 0.05) is 26.4 Å². The molecule has 0 bridgehead atoms. The first-order valence-corrected chi connectivity index (χ1v) is 6.15. The number of ether oxygens (including phenoxy) is 2. The molecule has 0 aliphatic heterocycles. The minimum Gasteiger partial charge on any atom is -0.382 e. The van der Waals surface area contributed by atoms with E-state index in [1.807, 2.05) is 6.92 Å². The normalized spacial score (nSPS) is 8.50. The fraction of sp³-hybridized carbons (Fsp3) is 0.846. The molecule has 0 rings (SSSR count). The quantitative estimate of drug-likeness (QED) is 0.492. The summed E-state index contributed by atoms with van der Waals surface area (Å²) in [6.45, 7) is 13.7. The van der Waals surface area contributed by atoms with Gasteiger partial charge in [-0.3, -0.25) is 0 Å². The predicted octanol–water partition coefficient (Wildman–Crippen LogP) is 3.00. The van der Waals surface area contributed by atoms with E-state index in [1.54, 1.807) is 0 Å². The van der Waals surface area contributed by atoms with E-state index in [9.17, 15) is 0 Å². The molecule has 0 saturated heterocycles. The van der Waals surface area contributed by atoms with Gasteiger partial charge in [0.05, 0.1) is 0 Å². The topological polar surface area (TPSA) is 44.5 Å². The molecular weight excluding hydrogens is 202 g/mol. The Kier molecular flexibility index (Phi) is 38.4. The summed E-state index contributed by atoms with van der Waals surface area (Å²) in [4.78, 5) is 0. The van der Waals surface area contributed by atoms with Crippen LogP contribution >= 0.6 is 0 Å². The highest BCUT2D eigenvalue weighted by Crippen LogP contribution is 1.96. The van der Waals surface area contributed by atoms with Gasteiger partial charge in [0.2, 0.25) is 0 Å². The zero-order chi connectivity index (χ0) is 13.1. The molecule has 2 N–H and O–H groups in total. The number of rotatable bonds is 9. The third-order valence-electron chi connectivity index (χ3n) is 1.63. The average molecular weight is 233 g/mol. The maximum atomic E-state index is 5.35. The van der Waals surface area contributed by atoms with Gasteiger partial charge in [0.15, 0.2) is 0 Å². The van der Waals surface area contributed by atoms with Crippen LogP contribution in [-0.2, 0) is 9.47 Å². The number of hydrogen-bond acceptors (Lipinski definition) is 3. The molecule has 0 saturated carbocycles. The maximum Gasteiger partial charge on any atom is 0.0466 e. The first-order chi connectivity index (χ1) is 7.91. The van der Waals surface area contributed by atoms with Gasteiger partial charge in [-0.15, -0.1) is 13.2 Å². The second-order valence-corrected chi connectivity index (χ2v) is 2.87. The molecular formula is C13H31NO2. The average Bonchev–Trinajstić information content (AvgIpc) is 2.38. The zero-order valence-electron chi connectivity index (χ0n) is 11.5. The lowest BCUT2D eigenvalue weighted by molar-refractivity contribution is 0.120. The van der Waals surface area contributed by atoms with E-state index >= 15 is 0 Å². The molecule has 16 heavy (non-hydrogen) atoms. The molecule has 0 aromatic rings. The summed E-state index contributed by atoms with van der Waals surface area (Å²) in [6.07, 6.45) is 4.69. The minimum absolute atomic E-state index is 0.840. The van der Waals surface area contributed by atoms with Gasteiger partial charge in [-0.25, -0.2) is 0 Å². The first kappa shape index (κ1) is 21.0. The Labute approximate surface area is 102 Å². The first-order valence-electron chi connectivity index (χ1n) is 6.15. The van der Waals surface area contributed by atoms with Gasteiger partial charge in [-0.2, -0.15) is 0 Å². The van der Waals surface area contributed by atoms with Crippen molar-refractivity contribution in [1.29, 1.82) is 0 Å². The molecule has 0 aliphatic rings. The van der Waals surface area contributed by atoms with Crippen molar-refractivity contribution < 1.29 is 9.47 Å². The summed E-state index contributed by atoms with van der Waals surface area (Å²) >= 11 is 0. The second kappa shape index (κ2) is 29.3. The molecule has 0 fully saturated rings. The highest BCUT2D eigenvalue weighted by Gasteiger charge is 1.89. The van der Waals surface area contributed by atoms with Crippen molar-refractivity contribution in [1.82, 2.24) is 0 Å². The Morgan fingerprint density at radius 2 is 1.31 bits per heavy atom. The van der Waals surface area contributed by atoms with E-state index in [4.69, 9.17) is 9.47 Å². The van der Waals surface area contributed by atoms with Crippen LogP contribution in [0.25, 0.3) is 0 Å². The molecule has 0 aromatic heterocycles. The van der Waals surface area contributed by atoms with Crippen molar-refractivity contribution in [2.24, 2.45) is 5.73 Å². The summed E-state index contributed by atoms with van der Waals surface area (Å²) in [5, 5.41) is 0. The van der Waals surface area contributed by atoms with Crippen LogP contribution in [0.4, 0.5) is 0 Å². The SMILES string of the molecule is C=C.CCCOCCCCCOCC.CN. The highest BCUT2D eigenvalue weighted by atomic mass is 16.5. The Morgan fingerprint density at radius 3 is 1.75 bits per heavy atom. The lowest BCUT2D eigenvalue weighted by atomic mass is 10.2. The fourth-order valence-corrected chi connectivity index (χ4v) is 0.976. The zero-order valence-corrected chi connectivity index (χ0v) is 11.5. The summed E-state index contributed by atoms with van der Waals surface area (Å²) in [7, 11) is 1.50.